The molecule has 0 aliphatic carbocycles. The molecule has 0 N–H and O–H groups in total. The number of ether oxygens (including phenoxy) is 1. The molecule has 0 aromatic heterocycles. The van der Waals surface area contributed by atoms with Gasteiger partial charge >= 0.3 is 0 Å². The van der Waals surface area contributed by atoms with Crippen LogP contribution in [0.15, 0.2) is 48.5 Å². The van der Waals surface area contributed by atoms with Crippen LogP contribution >= 0.6 is 0 Å². The van der Waals surface area contributed by atoms with Gasteiger partial charge in [-0.1, -0.05) is 30.3 Å². The largest absolute Gasteiger partial charge is 0.380 e. The minimum atomic E-state index is -0.154. The summed E-state index contributed by atoms with van der Waals surface area (Å²) in [4.78, 5) is 5.00. The quantitative estimate of drug-likeness (QED) is 0.834. The molecule has 4 rings (SSSR count). The lowest BCUT2D eigenvalue weighted by Gasteiger charge is -2.41. The highest BCUT2D eigenvalue weighted by atomic mass is 19.1. The van der Waals surface area contributed by atoms with Gasteiger partial charge in [-0.3, -0.25) is 4.90 Å². The molecule has 2 aliphatic rings. The third kappa shape index (κ3) is 3.49. The molecular weight excluding hydrogens is 327 g/mol. The van der Waals surface area contributed by atoms with E-state index in [4.69, 9.17) is 4.74 Å². The van der Waals surface area contributed by atoms with E-state index in [2.05, 4.69) is 47.1 Å². The van der Waals surface area contributed by atoms with Crippen LogP contribution in [0.5, 0.6) is 0 Å². The van der Waals surface area contributed by atoms with Crippen molar-refractivity contribution >= 4 is 5.69 Å². The van der Waals surface area contributed by atoms with Crippen molar-refractivity contribution < 1.29 is 9.13 Å². The summed E-state index contributed by atoms with van der Waals surface area (Å²) < 4.78 is 19.5. The molecule has 2 aromatic rings. The summed E-state index contributed by atoms with van der Waals surface area (Å²) in [5, 5.41) is 0. The normalized spacial score (nSPS) is 24.2. The van der Waals surface area contributed by atoms with Crippen LogP contribution in [0.2, 0.25) is 0 Å². The number of aryl methyl sites for hydroxylation is 1. The zero-order valence-corrected chi connectivity index (χ0v) is 15.5. The van der Waals surface area contributed by atoms with Gasteiger partial charge in [-0.05, 0) is 42.7 Å². The Morgan fingerprint density at radius 1 is 1.04 bits per heavy atom. The van der Waals surface area contributed by atoms with Gasteiger partial charge in [0.15, 0.2) is 0 Å². The van der Waals surface area contributed by atoms with Gasteiger partial charge in [-0.2, -0.15) is 0 Å². The van der Waals surface area contributed by atoms with Gasteiger partial charge < -0.3 is 9.64 Å². The van der Waals surface area contributed by atoms with Crippen LogP contribution in [0, 0.1) is 12.7 Å². The summed E-state index contributed by atoms with van der Waals surface area (Å²) in [6, 6.07) is 15.7. The summed E-state index contributed by atoms with van der Waals surface area (Å²) in [6.07, 6.45) is 0.967. The molecule has 2 aliphatic heterocycles. The minimum Gasteiger partial charge on any atom is -0.380 e. The molecule has 1 unspecified atom stereocenters. The summed E-state index contributed by atoms with van der Waals surface area (Å²) in [7, 11) is 0. The van der Waals surface area contributed by atoms with E-state index in [0.717, 1.165) is 51.3 Å². The number of hydrogen-bond donors (Lipinski definition) is 0. The van der Waals surface area contributed by atoms with Crippen molar-refractivity contribution in [1.29, 1.82) is 0 Å². The molecule has 4 heteroatoms. The first-order valence-electron chi connectivity index (χ1n) is 9.53. The Kier molecular flexibility index (Phi) is 4.96. The fourth-order valence-electron chi connectivity index (χ4n) is 4.36. The van der Waals surface area contributed by atoms with Crippen LogP contribution in [0.25, 0.3) is 0 Å². The number of para-hydroxylation sites is 1. The van der Waals surface area contributed by atoms with Gasteiger partial charge in [0.25, 0.3) is 0 Å². The topological polar surface area (TPSA) is 15.7 Å². The minimum absolute atomic E-state index is 0.0765. The summed E-state index contributed by atoms with van der Waals surface area (Å²) in [5.74, 6) is -0.154. The molecule has 0 bridgehead atoms. The zero-order chi connectivity index (χ0) is 18.0. The molecule has 1 atom stereocenters. The Morgan fingerprint density at radius 2 is 1.85 bits per heavy atom. The number of piperazine rings is 1. The second-order valence-corrected chi connectivity index (χ2v) is 7.64. The Morgan fingerprint density at radius 3 is 2.54 bits per heavy atom. The van der Waals surface area contributed by atoms with E-state index in [1.165, 1.54) is 17.3 Å². The highest BCUT2D eigenvalue weighted by molar-refractivity contribution is 5.53. The molecule has 0 saturated carbocycles. The van der Waals surface area contributed by atoms with Crippen molar-refractivity contribution in [3.8, 4) is 0 Å². The maximum Gasteiger partial charge on any atom is 0.123 e. The van der Waals surface area contributed by atoms with Crippen molar-refractivity contribution in [2.75, 3.05) is 50.8 Å². The molecule has 0 radical (unpaired) electrons. The van der Waals surface area contributed by atoms with E-state index in [0.29, 0.717) is 6.61 Å². The van der Waals surface area contributed by atoms with Crippen molar-refractivity contribution in [2.24, 2.45) is 0 Å². The Bertz CT molecular complexity index is 749. The lowest BCUT2D eigenvalue weighted by molar-refractivity contribution is 0.147. The second kappa shape index (κ2) is 7.37. The molecule has 2 fully saturated rings. The molecule has 0 spiro atoms. The maximum atomic E-state index is 13.8. The van der Waals surface area contributed by atoms with E-state index >= 15 is 0 Å². The van der Waals surface area contributed by atoms with Crippen LogP contribution in [0.4, 0.5) is 10.1 Å². The second-order valence-electron chi connectivity index (χ2n) is 7.64. The average Bonchev–Trinajstić information content (AvgIpc) is 3.13. The summed E-state index contributed by atoms with van der Waals surface area (Å²) in [6.45, 7) is 8.70. The third-order valence-electron chi connectivity index (χ3n) is 5.90. The zero-order valence-electron chi connectivity index (χ0n) is 15.5. The fraction of sp³-hybridized carbons (Fsp3) is 0.455. The SMILES string of the molecule is Cc1ccccc1N1CCN(CC2(c3cccc(F)c3)CCOC2)CC1. The summed E-state index contributed by atoms with van der Waals surface area (Å²) >= 11 is 0. The first kappa shape index (κ1) is 17.5. The fourth-order valence-corrected chi connectivity index (χ4v) is 4.36. The molecule has 2 saturated heterocycles. The number of rotatable bonds is 4. The predicted octanol–water partition coefficient (Wildman–Crippen LogP) is 3.61. The maximum absolute atomic E-state index is 13.8. The van der Waals surface area contributed by atoms with E-state index in [1.807, 2.05) is 6.07 Å². The number of halogens is 1. The molecule has 2 heterocycles. The molecular formula is C22H27FN2O. The lowest BCUT2D eigenvalue weighted by atomic mass is 9.79. The lowest BCUT2D eigenvalue weighted by Crippen LogP contribution is -2.51. The first-order valence-corrected chi connectivity index (χ1v) is 9.53. The van der Waals surface area contributed by atoms with Crippen LogP contribution in [-0.2, 0) is 10.2 Å². The number of hydrogen-bond acceptors (Lipinski definition) is 3. The number of anilines is 1. The van der Waals surface area contributed by atoms with Gasteiger partial charge in [0, 0.05) is 50.4 Å². The monoisotopic (exact) mass is 354 g/mol. The van der Waals surface area contributed by atoms with E-state index in [9.17, 15) is 4.39 Å². The standard InChI is InChI=1S/C22H27FN2O/c1-18-5-2-3-8-21(18)25-12-10-24(11-13-25)16-22(9-14-26-17-22)19-6-4-7-20(23)15-19/h2-8,15H,9-14,16-17H2,1H3. The van der Waals surface area contributed by atoms with Crippen LogP contribution in [0.1, 0.15) is 17.5 Å². The smallest absolute Gasteiger partial charge is 0.123 e. The van der Waals surface area contributed by atoms with E-state index < -0.39 is 0 Å². The predicted molar refractivity (Wildman–Crippen MR) is 103 cm³/mol. The van der Waals surface area contributed by atoms with Crippen LogP contribution in [-0.4, -0.2) is 50.8 Å². The Balaban J connectivity index is 1.45. The van der Waals surface area contributed by atoms with Gasteiger partial charge in [0.1, 0.15) is 5.82 Å². The van der Waals surface area contributed by atoms with E-state index in [-0.39, 0.29) is 11.2 Å². The van der Waals surface area contributed by atoms with Crippen LogP contribution in [0.3, 0.4) is 0 Å². The highest BCUT2D eigenvalue weighted by Gasteiger charge is 2.39. The average molecular weight is 354 g/mol. The van der Waals surface area contributed by atoms with Crippen molar-refractivity contribution in [3.63, 3.8) is 0 Å². The first-order chi connectivity index (χ1) is 12.7. The molecule has 3 nitrogen and oxygen atoms in total. The van der Waals surface area contributed by atoms with Gasteiger partial charge in [-0.25, -0.2) is 4.39 Å². The van der Waals surface area contributed by atoms with E-state index in [1.54, 1.807) is 6.07 Å². The van der Waals surface area contributed by atoms with Gasteiger partial charge in [-0.15, -0.1) is 0 Å². The Labute approximate surface area is 155 Å². The number of benzene rings is 2. The molecule has 138 valence electrons. The summed E-state index contributed by atoms with van der Waals surface area (Å²) in [5.41, 5.74) is 3.68. The highest BCUT2D eigenvalue weighted by Crippen LogP contribution is 2.35. The van der Waals surface area contributed by atoms with Crippen LogP contribution < -0.4 is 4.90 Å². The Hall–Kier alpha value is -1.91. The molecule has 0 amide bonds. The third-order valence-corrected chi connectivity index (χ3v) is 5.90. The number of nitrogens with zero attached hydrogens (tertiary/aromatic N) is 2. The van der Waals surface area contributed by atoms with Crippen molar-refractivity contribution in [3.05, 3.63) is 65.5 Å². The van der Waals surface area contributed by atoms with Gasteiger partial charge in [0.05, 0.1) is 6.61 Å². The van der Waals surface area contributed by atoms with Crippen molar-refractivity contribution in [1.82, 2.24) is 4.90 Å². The molecule has 26 heavy (non-hydrogen) atoms. The van der Waals surface area contributed by atoms with Gasteiger partial charge in [0.2, 0.25) is 0 Å². The van der Waals surface area contributed by atoms with Crippen molar-refractivity contribution in [2.45, 2.75) is 18.8 Å². The molecule has 2 aromatic carbocycles.